The van der Waals surface area contributed by atoms with Crippen LogP contribution in [0.4, 0.5) is 0 Å². The van der Waals surface area contributed by atoms with Gasteiger partial charge in [0.15, 0.2) is 5.69 Å². The van der Waals surface area contributed by atoms with E-state index in [1.165, 1.54) is 10.7 Å². The molecule has 0 aliphatic heterocycles. The van der Waals surface area contributed by atoms with E-state index in [4.69, 9.17) is 4.74 Å². The van der Waals surface area contributed by atoms with Crippen LogP contribution >= 0.6 is 0 Å². The van der Waals surface area contributed by atoms with Gasteiger partial charge in [-0.1, -0.05) is 17.7 Å². The van der Waals surface area contributed by atoms with Crippen LogP contribution in [0.15, 0.2) is 35.1 Å². The molecule has 6 heteroatoms. The molecule has 0 saturated carbocycles. The minimum absolute atomic E-state index is 0.147. The molecule has 0 aliphatic rings. The number of nitrogens with zero attached hydrogens (tertiary/aromatic N) is 2. The van der Waals surface area contributed by atoms with Crippen molar-refractivity contribution in [2.75, 3.05) is 13.2 Å². The molecule has 0 radical (unpaired) electrons. The molecule has 2 aromatic rings. The number of carbonyl (C=O) groups excluding carboxylic acids is 1. The lowest BCUT2D eigenvalue weighted by Gasteiger charge is -2.13. The third-order valence-corrected chi connectivity index (χ3v) is 3.02. The first kappa shape index (κ1) is 15.8. The van der Waals surface area contributed by atoms with Crippen molar-refractivity contribution in [3.8, 4) is 11.6 Å². The van der Waals surface area contributed by atoms with E-state index in [0.29, 0.717) is 19.0 Å². The SMILES string of the molecule is CCNC(=O)c1nn(-c2ccc(C)cc2)c(OCC)cc1=O. The number of amides is 1. The van der Waals surface area contributed by atoms with Gasteiger partial charge < -0.3 is 10.1 Å². The highest BCUT2D eigenvalue weighted by molar-refractivity contribution is 5.92. The number of hydrogen-bond acceptors (Lipinski definition) is 4. The van der Waals surface area contributed by atoms with Gasteiger partial charge in [-0.05, 0) is 32.9 Å². The standard InChI is InChI=1S/C16H19N3O3/c1-4-17-16(21)15-13(20)10-14(22-5-2)19(18-15)12-8-6-11(3)7-9-12/h6-10H,4-5H2,1-3H3,(H,17,21). The van der Waals surface area contributed by atoms with Crippen molar-refractivity contribution in [3.63, 3.8) is 0 Å². The summed E-state index contributed by atoms with van der Waals surface area (Å²) in [5.74, 6) is -0.180. The van der Waals surface area contributed by atoms with E-state index in [1.54, 1.807) is 6.92 Å². The number of rotatable bonds is 5. The summed E-state index contributed by atoms with van der Waals surface area (Å²) in [6.07, 6.45) is 0. The van der Waals surface area contributed by atoms with Crippen LogP contribution < -0.4 is 15.5 Å². The molecule has 0 spiro atoms. The van der Waals surface area contributed by atoms with Gasteiger partial charge in [-0.15, -0.1) is 0 Å². The topological polar surface area (TPSA) is 73.2 Å². The van der Waals surface area contributed by atoms with Crippen LogP contribution in [0.5, 0.6) is 5.88 Å². The molecular formula is C16H19N3O3. The zero-order valence-corrected chi connectivity index (χ0v) is 12.9. The zero-order valence-electron chi connectivity index (χ0n) is 12.9. The molecule has 1 aromatic heterocycles. The second-order valence-electron chi connectivity index (χ2n) is 4.74. The molecule has 0 aliphatic carbocycles. The van der Waals surface area contributed by atoms with E-state index in [9.17, 15) is 9.59 Å². The summed E-state index contributed by atoms with van der Waals surface area (Å²) >= 11 is 0. The van der Waals surface area contributed by atoms with E-state index >= 15 is 0 Å². The predicted molar refractivity (Wildman–Crippen MR) is 83.7 cm³/mol. The van der Waals surface area contributed by atoms with Gasteiger partial charge in [0.05, 0.1) is 18.4 Å². The molecule has 1 aromatic carbocycles. The molecule has 2 rings (SSSR count). The second-order valence-corrected chi connectivity index (χ2v) is 4.74. The monoisotopic (exact) mass is 301 g/mol. The third-order valence-electron chi connectivity index (χ3n) is 3.02. The van der Waals surface area contributed by atoms with Crippen LogP contribution in [-0.2, 0) is 0 Å². The molecule has 1 heterocycles. The maximum Gasteiger partial charge on any atom is 0.275 e. The Labute approximate surface area is 128 Å². The molecule has 0 unspecified atom stereocenters. The Bertz CT molecular complexity index is 720. The number of aryl methyl sites for hydroxylation is 1. The average molecular weight is 301 g/mol. The van der Waals surface area contributed by atoms with Gasteiger partial charge >= 0.3 is 0 Å². The summed E-state index contributed by atoms with van der Waals surface area (Å²) in [5, 5.41) is 6.76. The minimum Gasteiger partial charge on any atom is -0.478 e. The van der Waals surface area contributed by atoms with E-state index in [0.717, 1.165) is 11.3 Å². The Morgan fingerprint density at radius 3 is 2.55 bits per heavy atom. The number of benzene rings is 1. The average Bonchev–Trinajstić information content (AvgIpc) is 2.49. The van der Waals surface area contributed by atoms with Gasteiger partial charge in [-0.2, -0.15) is 5.10 Å². The highest BCUT2D eigenvalue weighted by atomic mass is 16.5. The molecule has 0 atom stereocenters. The van der Waals surface area contributed by atoms with Crippen LogP contribution in [0.1, 0.15) is 29.9 Å². The first-order chi connectivity index (χ1) is 10.6. The number of ether oxygens (including phenoxy) is 1. The molecule has 116 valence electrons. The van der Waals surface area contributed by atoms with E-state index < -0.39 is 11.3 Å². The summed E-state index contributed by atoms with van der Waals surface area (Å²) in [6, 6.07) is 8.86. The fraction of sp³-hybridized carbons (Fsp3) is 0.312. The Kier molecular flexibility index (Phi) is 4.93. The van der Waals surface area contributed by atoms with Gasteiger partial charge in [0.2, 0.25) is 11.3 Å². The molecule has 0 saturated heterocycles. The lowest BCUT2D eigenvalue weighted by Crippen LogP contribution is -2.31. The van der Waals surface area contributed by atoms with E-state index in [2.05, 4.69) is 10.4 Å². The zero-order chi connectivity index (χ0) is 16.1. The summed E-state index contributed by atoms with van der Waals surface area (Å²) in [7, 11) is 0. The lowest BCUT2D eigenvalue weighted by atomic mass is 10.2. The molecule has 6 nitrogen and oxygen atoms in total. The number of carbonyl (C=O) groups is 1. The number of hydrogen-bond donors (Lipinski definition) is 1. The van der Waals surface area contributed by atoms with Crippen molar-refractivity contribution in [1.82, 2.24) is 15.1 Å². The Balaban J connectivity index is 2.58. The van der Waals surface area contributed by atoms with E-state index in [1.807, 2.05) is 38.1 Å². The summed E-state index contributed by atoms with van der Waals surface area (Å²) in [6.45, 7) is 6.41. The van der Waals surface area contributed by atoms with Crippen molar-refractivity contribution in [1.29, 1.82) is 0 Å². The van der Waals surface area contributed by atoms with Crippen LogP contribution in [0.25, 0.3) is 5.69 Å². The summed E-state index contributed by atoms with van der Waals surface area (Å²) < 4.78 is 6.93. The highest BCUT2D eigenvalue weighted by Gasteiger charge is 2.16. The largest absolute Gasteiger partial charge is 0.478 e. The van der Waals surface area contributed by atoms with Crippen LogP contribution in [0.2, 0.25) is 0 Å². The highest BCUT2D eigenvalue weighted by Crippen LogP contribution is 2.16. The molecule has 22 heavy (non-hydrogen) atoms. The van der Waals surface area contributed by atoms with Gasteiger partial charge in [-0.25, -0.2) is 4.68 Å². The first-order valence-electron chi connectivity index (χ1n) is 7.19. The molecular weight excluding hydrogens is 282 g/mol. The van der Waals surface area contributed by atoms with Crippen LogP contribution in [0.3, 0.4) is 0 Å². The fourth-order valence-electron chi connectivity index (χ4n) is 1.96. The fourth-order valence-corrected chi connectivity index (χ4v) is 1.96. The van der Waals surface area contributed by atoms with E-state index in [-0.39, 0.29) is 5.69 Å². The summed E-state index contributed by atoms with van der Waals surface area (Å²) in [5.41, 5.74) is 1.22. The normalized spacial score (nSPS) is 10.3. The third kappa shape index (κ3) is 3.33. The summed E-state index contributed by atoms with van der Waals surface area (Å²) in [4.78, 5) is 24.0. The Hall–Kier alpha value is -2.63. The maximum atomic E-state index is 12.1. The molecule has 1 amide bonds. The minimum atomic E-state index is -0.489. The van der Waals surface area contributed by atoms with Gasteiger partial charge in [0, 0.05) is 6.54 Å². The number of nitrogens with one attached hydrogen (secondary N) is 1. The van der Waals surface area contributed by atoms with Crippen LogP contribution in [0, 0.1) is 6.92 Å². The molecule has 0 fully saturated rings. The smallest absolute Gasteiger partial charge is 0.275 e. The maximum absolute atomic E-state index is 12.1. The Morgan fingerprint density at radius 2 is 1.95 bits per heavy atom. The van der Waals surface area contributed by atoms with Crippen molar-refractivity contribution in [2.24, 2.45) is 0 Å². The molecule has 0 bridgehead atoms. The van der Waals surface area contributed by atoms with Gasteiger partial charge in [0.1, 0.15) is 0 Å². The first-order valence-corrected chi connectivity index (χ1v) is 7.19. The second kappa shape index (κ2) is 6.89. The van der Waals surface area contributed by atoms with Crippen molar-refractivity contribution >= 4 is 5.91 Å². The Morgan fingerprint density at radius 1 is 1.27 bits per heavy atom. The predicted octanol–water partition coefficient (Wildman–Crippen LogP) is 1.69. The van der Waals surface area contributed by atoms with Gasteiger partial charge in [-0.3, -0.25) is 9.59 Å². The van der Waals surface area contributed by atoms with Crippen molar-refractivity contribution < 1.29 is 9.53 Å². The molecule has 1 N–H and O–H groups in total. The number of aromatic nitrogens is 2. The lowest BCUT2D eigenvalue weighted by molar-refractivity contribution is 0.0947. The quantitative estimate of drug-likeness (QED) is 0.912. The van der Waals surface area contributed by atoms with Crippen molar-refractivity contribution in [2.45, 2.75) is 20.8 Å². The van der Waals surface area contributed by atoms with Crippen molar-refractivity contribution in [3.05, 3.63) is 51.8 Å². The van der Waals surface area contributed by atoms with Gasteiger partial charge in [0.25, 0.3) is 5.91 Å². The van der Waals surface area contributed by atoms with Crippen LogP contribution in [-0.4, -0.2) is 28.8 Å².